The van der Waals surface area contributed by atoms with Gasteiger partial charge in [0.25, 0.3) is 0 Å². The molecule has 2 aromatic rings. The second-order valence-corrected chi connectivity index (χ2v) is 4.98. The summed E-state index contributed by atoms with van der Waals surface area (Å²) in [4.78, 5) is 23.0. The average molecular weight is 310 g/mol. The predicted molar refractivity (Wildman–Crippen MR) is 89.3 cm³/mol. The van der Waals surface area contributed by atoms with Crippen molar-refractivity contribution in [1.82, 2.24) is 0 Å². The van der Waals surface area contributed by atoms with Gasteiger partial charge in [-0.05, 0) is 36.3 Å². The van der Waals surface area contributed by atoms with E-state index in [1.807, 2.05) is 30.3 Å². The summed E-state index contributed by atoms with van der Waals surface area (Å²) < 4.78 is 10.3. The van der Waals surface area contributed by atoms with Crippen molar-refractivity contribution in [2.24, 2.45) is 0 Å². The summed E-state index contributed by atoms with van der Waals surface area (Å²) in [6.07, 6.45) is 1.79. The number of benzene rings is 2. The van der Waals surface area contributed by atoms with E-state index in [0.29, 0.717) is 17.1 Å². The van der Waals surface area contributed by atoms with E-state index in [4.69, 9.17) is 9.47 Å². The lowest BCUT2D eigenvalue weighted by Gasteiger charge is -2.09. The van der Waals surface area contributed by atoms with Crippen molar-refractivity contribution in [3.63, 3.8) is 0 Å². The summed E-state index contributed by atoms with van der Waals surface area (Å²) >= 11 is 0. The van der Waals surface area contributed by atoms with E-state index >= 15 is 0 Å². The molecule has 4 heteroatoms. The lowest BCUT2D eigenvalue weighted by molar-refractivity contribution is -0.132. The molecule has 0 saturated carbocycles. The highest BCUT2D eigenvalue weighted by Gasteiger charge is 2.10. The molecule has 0 fully saturated rings. The third-order valence-electron chi connectivity index (χ3n) is 3.22. The Hall–Kier alpha value is -2.88. The smallest absolute Gasteiger partial charge is 0.308 e. The Balaban J connectivity index is 2.43. The molecule has 0 amide bonds. The zero-order valence-electron chi connectivity index (χ0n) is 13.3. The van der Waals surface area contributed by atoms with Crippen LogP contribution >= 0.6 is 0 Å². The van der Waals surface area contributed by atoms with Crippen LogP contribution in [-0.4, -0.2) is 18.9 Å². The summed E-state index contributed by atoms with van der Waals surface area (Å²) in [6.45, 7) is 2.86. The maximum absolute atomic E-state index is 11.9. The van der Waals surface area contributed by atoms with Gasteiger partial charge in [0.1, 0.15) is 0 Å². The number of rotatable bonds is 5. The Morgan fingerprint density at radius 3 is 2.22 bits per heavy atom. The standard InChI is InChI=1S/C19H18O4/c1-13(20)17(16-7-5-4-6-8-16)11-15-9-10-18(23-14(2)21)19(12-15)22-3/h4-12H,1-3H3/b17-11-. The largest absolute Gasteiger partial charge is 0.493 e. The first-order valence-electron chi connectivity index (χ1n) is 7.15. The first-order valence-corrected chi connectivity index (χ1v) is 7.15. The minimum absolute atomic E-state index is 0.0285. The van der Waals surface area contributed by atoms with Gasteiger partial charge < -0.3 is 9.47 Å². The summed E-state index contributed by atoms with van der Waals surface area (Å²) in [5, 5.41) is 0. The Bertz CT molecular complexity index is 745. The molecule has 4 nitrogen and oxygen atoms in total. The second kappa shape index (κ2) is 7.40. The normalized spacial score (nSPS) is 11.0. The van der Waals surface area contributed by atoms with Gasteiger partial charge in [0.2, 0.25) is 0 Å². The SMILES string of the molecule is COc1cc(/C=C(/C(C)=O)c2ccccc2)ccc1OC(C)=O. The van der Waals surface area contributed by atoms with Gasteiger partial charge in [-0.1, -0.05) is 36.4 Å². The van der Waals surface area contributed by atoms with Gasteiger partial charge in [-0.25, -0.2) is 0 Å². The van der Waals surface area contributed by atoms with Crippen LogP contribution in [0, 0.1) is 0 Å². The van der Waals surface area contributed by atoms with Crippen LogP contribution in [-0.2, 0) is 9.59 Å². The second-order valence-electron chi connectivity index (χ2n) is 4.98. The lowest BCUT2D eigenvalue weighted by Crippen LogP contribution is -2.03. The third kappa shape index (κ3) is 4.30. The number of allylic oxidation sites excluding steroid dienone is 1. The van der Waals surface area contributed by atoms with E-state index in [1.165, 1.54) is 21.0 Å². The van der Waals surface area contributed by atoms with Crippen LogP contribution in [0.2, 0.25) is 0 Å². The molecule has 23 heavy (non-hydrogen) atoms. The number of hydrogen-bond acceptors (Lipinski definition) is 4. The molecule has 118 valence electrons. The maximum atomic E-state index is 11.9. The highest BCUT2D eigenvalue weighted by atomic mass is 16.6. The first-order chi connectivity index (χ1) is 11.0. The van der Waals surface area contributed by atoms with Crippen molar-refractivity contribution < 1.29 is 19.1 Å². The molecular formula is C19H18O4. The summed E-state index contributed by atoms with van der Waals surface area (Å²) in [6, 6.07) is 14.6. The fourth-order valence-corrected chi connectivity index (χ4v) is 2.19. The molecule has 0 aliphatic carbocycles. The predicted octanol–water partition coefficient (Wildman–Crippen LogP) is 3.75. The highest BCUT2D eigenvalue weighted by Crippen LogP contribution is 2.30. The molecule has 2 aromatic carbocycles. The number of esters is 1. The number of Topliss-reactive ketones (excluding diaryl/α,β-unsaturated/α-hetero) is 1. The van der Waals surface area contributed by atoms with E-state index in [9.17, 15) is 9.59 Å². The fourth-order valence-electron chi connectivity index (χ4n) is 2.19. The number of hydrogen-bond donors (Lipinski definition) is 0. The molecule has 0 heterocycles. The van der Waals surface area contributed by atoms with Crippen molar-refractivity contribution in [3.05, 3.63) is 59.7 Å². The quantitative estimate of drug-likeness (QED) is 0.365. The highest BCUT2D eigenvalue weighted by molar-refractivity contribution is 6.24. The van der Waals surface area contributed by atoms with Gasteiger partial charge in [0.05, 0.1) is 7.11 Å². The molecule has 0 radical (unpaired) electrons. The molecule has 2 rings (SSSR count). The third-order valence-corrected chi connectivity index (χ3v) is 3.22. The summed E-state index contributed by atoms with van der Waals surface area (Å²) in [5.41, 5.74) is 2.24. The van der Waals surface area contributed by atoms with Crippen LogP contribution in [0.3, 0.4) is 0 Å². The van der Waals surface area contributed by atoms with Crippen molar-refractivity contribution in [1.29, 1.82) is 0 Å². The molecule has 0 aromatic heterocycles. The molecule has 0 saturated heterocycles. The zero-order chi connectivity index (χ0) is 16.8. The average Bonchev–Trinajstić information content (AvgIpc) is 2.53. The summed E-state index contributed by atoms with van der Waals surface area (Å²) in [7, 11) is 1.50. The fraction of sp³-hybridized carbons (Fsp3) is 0.158. The maximum Gasteiger partial charge on any atom is 0.308 e. The number of carbonyl (C=O) groups excluding carboxylic acids is 2. The van der Waals surface area contributed by atoms with Crippen molar-refractivity contribution in [2.45, 2.75) is 13.8 Å². The minimum atomic E-state index is -0.416. The Labute approximate surface area is 135 Å². The molecule has 0 aliphatic heterocycles. The van der Waals surface area contributed by atoms with E-state index in [2.05, 4.69) is 0 Å². The molecule has 0 N–H and O–H groups in total. The molecule has 0 aliphatic rings. The van der Waals surface area contributed by atoms with Crippen LogP contribution in [0.5, 0.6) is 11.5 Å². The van der Waals surface area contributed by atoms with Crippen LogP contribution < -0.4 is 9.47 Å². The van der Waals surface area contributed by atoms with Crippen LogP contribution in [0.25, 0.3) is 11.6 Å². The topological polar surface area (TPSA) is 52.6 Å². The minimum Gasteiger partial charge on any atom is -0.493 e. The molecule has 0 spiro atoms. The Kier molecular flexibility index (Phi) is 5.31. The van der Waals surface area contributed by atoms with Gasteiger partial charge in [-0.3, -0.25) is 9.59 Å². The van der Waals surface area contributed by atoms with E-state index in [1.54, 1.807) is 24.3 Å². The lowest BCUT2D eigenvalue weighted by atomic mass is 9.99. The van der Waals surface area contributed by atoms with Gasteiger partial charge in [-0.15, -0.1) is 0 Å². The van der Waals surface area contributed by atoms with Gasteiger partial charge >= 0.3 is 5.97 Å². The number of carbonyl (C=O) groups is 2. The Morgan fingerprint density at radius 2 is 1.65 bits per heavy atom. The van der Waals surface area contributed by atoms with Crippen molar-refractivity contribution in [3.8, 4) is 11.5 Å². The molecule has 0 bridgehead atoms. The van der Waals surface area contributed by atoms with E-state index < -0.39 is 5.97 Å². The van der Waals surface area contributed by atoms with Crippen LogP contribution in [0.15, 0.2) is 48.5 Å². The molecule has 0 atom stereocenters. The van der Waals surface area contributed by atoms with Gasteiger partial charge in [0, 0.05) is 12.5 Å². The van der Waals surface area contributed by atoms with Gasteiger partial charge in [-0.2, -0.15) is 0 Å². The molecular weight excluding hydrogens is 292 g/mol. The van der Waals surface area contributed by atoms with E-state index in [-0.39, 0.29) is 5.78 Å². The molecule has 0 unspecified atom stereocenters. The van der Waals surface area contributed by atoms with Crippen LogP contribution in [0.4, 0.5) is 0 Å². The first kappa shape index (κ1) is 16.5. The number of ketones is 1. The van der Waals surface area contributed by atoms with Crippen molar-refractivity contribution in [2.75, 3.05) is 7.11 Å². The number of ether oxygens (including phenoxy) is 2. The zero-order valence-corrected chi connectivity index (χ0v) is 13.3. The number of methoxy groups -OCH3 is 1. The van der Waals surface area contributed by atoms with Gasteiger partial charge in [0.15, 0.2) is 17.3 Å². The monoisotopic (exact) mass is 310 g/mol. The van der Waals surface area contributed by atoms with E-state index in [0.717, 1.165) is 11.1 Å². The van der Waals surface area contributed by atoms with Crippen LogP contribution in [0.1, 0.15) is 25.0 Å². The summed E-state index contributed by atoms with van der Waals surface area (Å²) in [5.74, 6) is 0.339. The Morgan fingerprint density at radius 1 is 0.957 bits per heavy atom. The van der Waals surface area contributed by atoms with Crippen molar-refractivity contribution >= 4 is 23.4 Å².